The van der Waals surface area contributed by atoms with Crippen LogP contribution in [0.25, 0.3) is 0 Å². The molecular weight excluding hydrogens is 382 g/mol. The van der Waals surface area contributed by atoms with E-state index < -0.39 is 54.0 Å². The average molecular weight is 415 g/mol. The molecule has 1 fully saturated rings. The maximum absolute atomic E-state index is 12.9. The molecule has 29 heavy (non-hydrogen) atoms. The van der Waals surface area contributed by atoms with Gasteiger partial charge >= 0.3 is 5.97 Å². The summed E-state index contributed by atoms with van der Waals surface area (Å²) >= 11 is 0. The van der Waals surface area contributed by atoms with Crippen molar-refractivity contribution in [2.24, 2.45) is 11.5 Å². The van der Waals surface area contributed by atoms with Gasteiger partial charge in [-0.1, -0.05) is 0 Å². The van der Waals surface area contributed by atoms with Gasteiger partial charge in [0.15, 0.2) is 0 Å². The zero-order chi connectivity index (χ0) is 22.1. The van der Waals surface area contributed by atoms with E-state index in [2.05, 4.69) is 10.6 Å². The molecular formula is C18H33N5O6. The van der Waals surface area contributed by atoms with Crippen LogP contribution in [0.1, 0.15) is 46.0 Å². The van der Waals surface area contributed by atoms with Crippen LogP contribution in [0.4, 0.5) is 0 Å². The smallest absolute Gasteiger partial charge is 0.326 e. The molecule has 166 valence electrons. The van der Waals surface area contributed by atoms with E-state index >= 15 is 0 Å². The summed E-state index contributed by atoms with van der Waals surface area (Å²) in [6, 6.07) is -4.00. The number of aliphatic hydroxyl groups is 1. The first kappa shape index (κ1) is 24.8. The quantitative estimate of drug-likeness (QED) is 0.207. The van der Waals surface area contributed by atoms with E-state index in [0.717, 1.165) is 0 Å². The molecule has 0 aromatic rings. The number of carbonyl (C=O) groups excluding carboxylic acids is 3. The van der Waals surface area contributed by atoms with E-state index in [4.69, 9.17) is 11.5 Å². The number of hydrogen-bond donors (Lipinski definition) is 6. The number of carbonyl (C=O) groups is 4. The Morgan fingerprint density at radius 2 is 1.79 bits per heavy atom. The topological polar surface area (TPSA) is 188 Å². The average Bonchev–Trinajstić information content (AvgIpc) is 3.15. The Morgan fingerprint density at radius 3 is 2.34 bits per heavy atom. The molecule has 1 aliphatic rings. The number of carboxylic acids is 1. The summed E-state index contributed by atoms with van der Waals surface area (Å²) in [4.78, 5) is 50.0. The third-order valence-corrected chi connectivity index (χ3v) is 4.96. The highest BCUT2D eigenvalue weighted by Crippen LogP contribution is 2.19. The van der Waals surface area contributed by atoms with Gasteiger partial charge in [0, 0.05) is 6.54 Å². The molecule has 0 spiro atoms. The first-order chi connectivity index (χ1) is 13.6. The lowest BCUT2D eigenvalue weighted by Crippen LogP contribution is -2.57. The Kier molecular flexibility index (Phi) is 9.99. The minimum Gasteiger partial charge on any atom is -0.480 e. The summed E-state index contributed by atoms with van der Waals surface area (Å²) in [5.41, 5.74) is 11.0. The lowest BCUT2D eigenvalue weighted by atomic mass is 10.1. The van der Waals surface area contributed by atoms with Crippen molar-refractivity contribution >= 4 is 23.7 Å². The van der Waals surface area contributed by atoms with Gasteiger partial charge in [0.05, 0.1) is 6.10 Å². The second-order valence-corrected chi connectivity index (χ2v) is 7.37. The molecule has 0 aliphatic carbocycles. The van der Waals surface area contributed by atoms with Crippen molar-refractivity contribution in [3.05, 3.63) is 0 Å². The Morgan fingerprint density at radius 1 is 1.14 bits per heavy atom. The summed E-state index contributed by atoms with van der Waals surface area (Å²) in [5, 5.41) is 23.7. The molecule has 5 atom stereocenters. The number of likely N-dealkylation sites (tertiary alicyclic amines) is 1. The Hall–Kier alpha value is -2.24. The number of amides is 3. The summed E-state index contributed by atoms with van der Waals surface area (Å²) in [5.74, 6) is -2.83. The molecule has 0 saturated carbocycles. The van der Waals surface area contributed by atoms with Crippen LogP contribution in [0.2, 0.25) is 0 Å². The molecule has 11 heteroatoms. The van der Waals surface area contributed by atoms with E-state index in [1.54, 1.807) is 0 Å². The standard InChI is InChI=1S/C18H33N5O6/c1-10(21-16(26)14(20)11(2)24)15(25)22-12(6-3-4-8-19)17(27)23-9-5-7-13(23)18(28)29/h10-14,24H,3-9,19-20H2,1-2H3,(H,21,26)(H,22,25)(H,28,29). The molecule has 3 amide bonds. The molecule has 1 heterocycles. The van der Waals surface area contributed by atoms with Crippen molar-refractivity contribution in [2.45, 2.75) is 76.2 Å². The molecule has 1 saturated heterocycles. The zero-order valence-corrected chi connectivity index (χ0v) is 17.0. The second kappa shape index (κ2) is 11.7. The zero-order valence-electron chi connectivity index (χ0n) is 17.0. The maximum Gasteiger partial charge on any atom is 0.326 e. The number of nitrogens with zero attached hydrogens (tertiary/aromatic N) is 1. The number of unbranched alkanes of at least 4 members (excludes halogenated alkanes) is 1. The van der Waals surface area contributed by atoms with Crippen molar-refractivity contribution in [3.63, 3.8) is 0 Å². The molecule has 0 aromatic carbocycles. The number of aliphatic hydroxyl groups excluding tert-OH is 1. The van der Waals surface area contributed by atoms with E-state index in [-0.39, 0.29) is 0 Å². The van der Waals surface area contributed by atoms with Gasteiger partial charge in [-0.15, -0.1) is 0 Å². The van der Waals surface area contributed by atoms with E-state index in [0.29, 0.717) is 45.2 Å². The molecule has 0 bridgehead atoms. The van der Waals surface area contributed by atoms with Gasteiger partial charge in [0.25, 0.3) is 0 Å². The van der Waals surface area contributed by atoms with E-state index in [1.165, 1.54) is 18.7 Å². The van der Waals surface area contributed by atoms with Crippen molar-refractivity contribution in [1.82, 2.24) is 15.5 Å². The summed E-state index contributed by atoms with van der Waals surface area (Å²) in [6.07, 6.45) is 1.39. The van der Waals surface area contributed by atoms with Gasteiger partial charge in [-0.05, 0) is 52.5 Å². The fourth-order valence-electron chi connectivity index (χ4n) is 3.13. The summed E-state index contributed by atoms with van der Waals surface area (Å²) < 4.78 is 0. The molecule has 8 N–H and O–H groups in total. The largest absolute Gasteiger partial charge is 0.480 e. The van der Waals surface area contributed by atoms with Gasteiger partial charge in [0.1, 0.15) is 24.2 Å². The highest BCUT2D eigenvalue weighted by Gasteiger charge is 2.37. The van der Waals surface area contributed by atoms with Crippen molar-refractivity contribution < 1.29 is 29.4 Å². The predicted molar refractivity (Wildman–Crippen MR) is 104 cm³/mol. The predicted octanol–water partition coefficient (Wildman–Crippen LogP) is -2.11. The minimum atomic E-state index is -1.19. The van der Waals surface area contributed by atoms with Gasteiger partial charge in [0.2, 0.25) is 17.7 Å². The summed E-state index contributed by atoms with van der Waals surface area (Å²) in [7, 11) is 0. The van der Waals surface area contributed by atoms with Gasteiger partial charge in [-0.3, -0.25) is 14.4 Å². The Labute approximate surface area is 170 Å². The van der Waals surface area contributed by atoms with E-state index in [9.17, 15) is 29.4 Å². The second-order valence-electron chi connectivity index (χ2n) is 7.37. The SMILES string of the molecule is CC(NC(=O)C(N)C(C)O)C(=O)NC(CCCCN)C(=O)N1CCCC1C(=O)O. The van der Waals surface area contributed by atoms with Crippen LogP contribution >= 0.6 is 0 Å². The lowest BCUT2D eigenvalue weighted by molar-refractivity contribution is -0.149. The first-order valence-electron chi connectivity index (χ1n) is 9.87. The van der Waals surface area contributed by atoms with Crippen LogP contribution in [-0.4, -0.2) is 82.2 Å². The summed E-state index contributed by atoms with van der Waals surface area (Å²) in [6.45, 7) is 3.53. The number of nitrogens with one attached hydrogen (secondary N) is 2. The van der Waals surface area contributed by atoms with Crippen LogP contribution in [0, 0.1) is 0 Å². The number of aliphatic carboxylic acids is 1. The van der Waals surface area contributed by atoms with Gasteiger partial charge < -0.3 is 37.2 Å². The normalized spacial score (nSPS) is 20.4. The third kappa shape index (κ3) is 7.26. The minimum absolute atomic E-state index is 0.304. The van der Waals surface area contributed by atoms with Gasteiger partial charge in [-0.2, -0.15) is 0 Å². The fourth-order valence-corrected chi connectivity index (χ4v) is 3.13. The van der Waals surface area contributed by atoms with Crippen molar-refractivity contribution in [2.75, 3.05) is 13.1 Å². The molecule has 1 aliphatic heterocycles. The van der Waals surface area contributed by atoms with Crippen LogP contribution in [-0.2, 0) is 19.2 Å². The van der Waals surface area contributed by atoms with Gasteiger partial charge in [-0.25, -0.2) is 4.79 Å². The molecule has 0 radical (unpaired) electrons. The Balaban J connectivity index is 2.81. The fraction of sp³-hybridized carbons (Fsp3) is 0.778. The number of nitrogens with two attached hydrogens (primary N) is 2. The van der Waals surface area contributed by atoms with Crippen molar-refractivity contribution in [1.29, 1.82) is 0 Å². The third-order valence-electron chi connectivity index (χ3n) is 4.96. The van der Waals surface area contributed by atoms with Crippen LogP contribution in [0.3, 0.4) is 0 Å². The molecule has 11 nitrogen and oxygen atoms in total. The van der Waals surface area contributed by atoms with Crippen LogP contribution < -0.4 is 22.1 Å². The van der Waals surface area contributed by atoms with Crippen LogP contribution in [0.5, 0.6) is 0 Å². The Bertz CT molecular complexity index is 599. The highest BCUT2D eigenvalue weighted by molar-refractivity contribution is 5.94. The monoisotopic (exact) mass is 415 g/mol. The lowest BCUT2D eigenvalue weighted by Gasteiger charge is -2.28. The first-order valence-corrected chi connectivity index (χ1v) is 9.87. The molecule has 0 aromatic heterocycles. The highest BCUT2D eigenvalue weighted by atomic mass is 16.4. The maximum atomic E-state index is 12.9. The number of hydrogen-bond acceptors (Lipinski definition) is 7. The van der Waals surface area contributed by atoms with Crippen LogP contribution in [0.15, 0.2) is 0 Å². The molecule has 5 unspecified atom stereocenters. The number of carboxylic acid groups (broad SMARTS) is 1. The molecule has 1 rings (SSSR count). The van der Waals surface area contributed by atoms with Crippen molar-refractivity contribution in [3.8, 4) is 0 Å². The van der Waals surface area contributed by atoms with E-state index in [1.807, 2.05) is 0 Å². The number of rotatable bonds is 11.